The molecule has 0 fully saturated rings. The van der Waals surface area contributed by atoms with Gasteiger partial charge in [-0.1, -0.05) is 37.1 Å². The Hall–Kier alpha value is -1.14. The maximum absolute atomic E-state index is 11.9. The molecule has 0 spiro atoms. The number of aromatic hydroxyl groups is 2. The number of rotatable bonds is 10. The Kier molecular flexibility index (Phi) is 9.81. The fraction of sp³-hybridized carbons (Fsp3) is 0.368. The van der Waals surface area contributed by atoms with Crippen molar-refractivity contribution in [3.63, 3.8) is 0 Å². The molecule has 0 aromatic heterocycles. The molecule has 0 saturated heterocycles. The average molecular weight is 469 g/mol. The van der Waals surface area contributed by atoms with Crippen LogP contribution in [0.2, 0.25) is 0 Å². The van der Waals surface area contributed by atoms with E-state index in [1.807, 2.05) is 0 Å². The quantitative estimate of drug-likeness (QED) is 0.235. The van der Waals surface area contributed by atoms with Crippen molar-refractivity contribution in [3.8, 4) is 11.5 Å². The van der Waals surface area contributed by atoms with Gasteiger partial charge in [-0.3, -0.25) is 9.11 Å². The molecule has 0 aliphatic heterocycles. The van der Waals surface area contributed by atoms with Crippen LogP contribution in [0.25, 0.3) is 0 Å². The van der Waals surface area contributed by atoms with E-state index in [0.29, 0.717) is 24.0 Å². The molecule has 11 heteroatoms. The molecule has 2 aromatic rings. The first-order valence-corrected chi connectivity index (χ1v) is 12.1. The number of phenols is 2. The van der Waals surface area contributed by atoms with Gasteiger partial charge in [0, 0.05) is 5.41 Å². The van der Waals surface area contributed by atoms with Crippen molar-refractivity contribution in [3.05, 3.63) is 59.7 Å². The Balaban J connectivity index is 0.00000450. The van der Waals surface area contributed by atoms with Crippen LogP contribution < -0.4 is 0 Å². The SMILES string of the molecule is O=S(=O)(O)CCCCCC(CS(=O)(=O)O)(c1ccc(O)cc1)c1ccc(O)cc1.[NaH]. The van der Waals surface area contributed by atoms with E-state index in [9.17, 15) is 31.6 Å². The Morgan fingerprint density at radius 1 is 0.667 bits per heavy atom. The van der Waals surface area contributed by atoms with E-state index in [1.54, 1.807) is 24.3 Å². The van der Waals surface area contributed by atoms with Crippen LogP contribution >= 0.6 is 0 Å². The summed E-state index contributed by atoms with van der Waals surface area (Å²) in [7, 11) is -8.50. The summed E-state index contributed by atoms with van der Waals surface area (Å²) in [6, 6.07) is 11.9. The van der Waals surface area contributed by atoms with Gasteiger partial charge in [0.1, 0.15) is 11.5 Å². The van der Waals surface area contributed by atoms with Gasteiger partial charge < -0.3 is 10.2 Å². The summed E-state index contributed by atoms with van der Waals surface area (Å²) in [6.07, 6.45) is 1.26. The van der Waals surface area contributed by atoms with Gasteiger partial charge in [0.05, 0.1) is 11.5 Å². The Morgan fingerprint density at radius 2 is 1.10 bits per heavy atom. The van der Waals surface area contributed by atoms with Gasteiger partial charge in [0.2, 0.25) is 0 Å². The molecular weight excluding hydrogens is 443 g/mol. The molecule has 2 aromatic carbocycles. The molecule has 0 saturated carbocycles. The second-order valence-electron chi connectivity index (χ2n) is 7.00. The molecule has 8 nitrogen and oxygen atoms in total. The molecule has 0 aliphatic rings. The van der Waals surface area contributed by atoms with Crippen LogP contribution in [0.3, 0.4) is 0 Å². The zero-order chi connectivity index (χ0) is 21.7. The second kappa shape index (κ2) is 10.9. The van der Waals surface area contributed by atoms with E-state index < -0.39 is 37.2 Å². The summed E-state index contributed by atoms with van der Waals surface area (Å²) in [5.74, 6) is -1.04. The standard InChI is InChI=1S/C19H24O8S2.Na.H/c20-17-8-4-15(5-9-17)19(14-29(25,26)27,16-6-10-18(21)11-7-16)12-2-1-3-13-28(22,23)24;;/h4-11,20-21H,1-3,12-14H2,(H,22,23,24)(H,25,26,27);;. The number of hydrogen-bond donors (Lipinski definition) is 4. The van der Waals surface area contributed by atoms with Crippen molar-refractivity contribution in [1.29, 1.82) is 0 Å². The van der Waals surface area contributed by atoms with Gasteiger partial charge in [0.25, 0.3) is 20.2 Å². The molecule has 162 valence electrons. The van der Waals surface area contributed by atoms with Gasteiger partial charge in [-0.15, -0.1) is 0 Å². The normalized spacial score (nSPS) is 12.3. The molecule has 0 unspecified atom stereocenters. The van der Waals surface area contributed by atoms with Crippen molar-refractivity contribution in [2.45, 2.75) is 31.1 Å². The zero-order valence-electron chi connectivity index (χ0n) is 15.6. The van der Waals surface area contributed by atoms with E-state index in [4.69, 9.17) is 4.55 Å². The topological polar surface area (TPSA) is 149 Å². The third-order valence-corrected chi connectivity index (χ3v) is 6.44. The molecule has 0 aliphatic carbocycles. The van der Waals surface area contributed by atoms with Crippen LogP contribution in [0.1, 0.15) is 36.8 Å². The molecule has 0 radical (unpaired) electrons. The molecular formula is C19H25NaO8S2. The molecule has 0 atom stereocenters. The van der Waals surface area contributed by atoms with Crippen LogP contribution in [-0.2, 0) is 25.7 Å². The fourth-order valence-corrected chi connectivity index (χ4v) is 5.12. The van der Waals surface area contributed by atoms with E-state index in [1.165, 1.54) is 24.3 Å². The summed E-state index contributed by atoms with van der Waals surface area (Å²) in [6.45, 7) is 0. The van der Waals surface area contributed by atoms with Gasteiger partial charge >= 0.3 is 29.6 Å². The second-order valence-corrected chi connectivity index (χ2v) is 10.0. The first-order valence-electron chi connectivity index (χ1n) is 8.91. The first-order chi connectivity index (χ1) is 13.4. The van der Waals surface area contributed by atoms with Crippen LogP contribution in [-0.4, -0.2) is 77.2 Å². The third-order valence-electron chi connectivity index (χ3n) is 4.77. The predicted octanol–water partition coefficient (Wildman–Crippen LogP) is 2.07. The van der Waals surface area contributed by atoms with Gasteiger partial charge in [0.15, 0.2) is 0 Å². The van der Waals surface area contributed by atoms with E-state index in [0.717, 1.165) is 0 Å². The molecule has 0 bridgehead atoms. The Bertz CT molecular complexity index is 972. The first kappa shape index (κ1) is 26.9. The van der Waals surface area contributed by atoms with Crippen LogP contribution in [0.5, 0.6) is 11.5 Å². The van der Waals surface area contributed by atoms with E-state index in [2.05, 4.69) is 0 Å². The van der Waals surface area contributed by atoms with Crippen molar-refractivity contribution >= 4 is 49.8 Å². The summed E-state index contributed by atoms with van der Waals surface area (Å²) >= 11 is 0. The van der Waals surface area contributed by atoms with Gasteiger partial charge in [-0.25, -0.2) is 0 Å². The minimum atomic E-state index is -4.43. The summed E-state index contributed by atoms with van der Waals surface area (Å²) < 4.78 is 64.1. The van der Waals surface area contributed by atoms with Crippen LogP contribution in [0, 0.1) is 0 Å². The zero-order valence-corrected chi connectivity index (χ0v) is 17.2. The van der Waals surface area contributed by atoms with Crippen molar-refractivity contribution in [1.82, 2.24) is 0 Å². The van der Waals surface area contributed by atoms with Crippen LogP contribution in [0.15, 0.2) is 48.5 Å². The molecule has 2 rings (SSSR count). The molecule has 0 amide bonds. The average Bonchev–Trinajstić information content (AvgIpc) is 2.59. The Labute approximate surface area is 198 Å². The monoisotopic (exact) mass is 468 g/mol. The number of hydrogen-bond acceptors (Lipinski definition) is 6. The number of benzene rings is 2. The number of unbranched alkanes of at least 4 members (excludes halogenated alkanes) is 2. The van der Waals surface area contributed by atoms with Crippen molar-refractivity contribution in [2.24, 2.45) is 0 Å². The van der Waals surface area contributed by atoms with E-state index >= 15 is 0 Å². The Morgan fingerprint density at radius 3 is 1.47 bits per heavy atom. The minimum absolute atomic E-state index is 0. The maximum atomic E-state index is 11.9. The molecule has 0 heterocycles. The molecule has 30 heavy (non-hydrogen) atoms. The van der Waals surface area contributed by atoms with Gasteiger partial charge in [-0.05, 0) is 48.2 Å². The molecule has 4 N–H and O–H groups in total. The fourth-order valence-electron chi connectivity index (χ4n) is 3.45. The van der Waals surface area contributed by atoms with E-state index in [-0.39, 0.29) is 53.9 Å². The number of phenolic OH excluding ortho intramolecular Hbond substituents is 2. The van der Waals surface area contributed by atoms with Gasteiger partial charge in [-0.2, -0.15) is 16.8 Å². The third kappa shape index (κ3) is 8.18. The predicted molar refractivity (Wildman–Crippen MR) is 115 cm³/mol. The summed E-state index contributed by atoms with van der Waals surface area (Å²) in [4.78, 5) is 0. The van der Waals surface area contributed by atoms with Crippen molar-refractivity contribution < 1.29 is 36.2 Å². The summed E-state index contributed by atoms with van der Waals surface area (Å²) in [5.41, 5.74) is -0.116. The van der Waals surface area contributed by atoms with Crippen molar-refractivity contribution in [2.75, 3.05) is 11.5 Å². The van der Waals surface area contributed by atoms with Crippen LogP contribution in [0.4, 0.5) is 0 Å². The summed E-state index contributed by atoms with van der Waals surface area (Å²) in [5, 5.41) is 19.2.